The van der Waals surface area contributed by atoms with Crippen LogP contribution in [0.5, 0.6) is 0 Å². The molecule has 0 aliphatic carbocycles. The number of carbonyl (C=O) groups excluding carboxylic acids is 3. The van der Waals surface area contributed by atoms with Crippen LogP contribution in [0.15, 0.2) is 72.1 Å². The van der Waals surface area contributed by atoms with Crippen LogP contribution in [0.2, 0.25) is 5.02 Å². The van der Waals surface area contributed by atoms with Crippen molar-refractivity contribution in [2.45, 2.75) is 6.04 Å². The van der Waals surface area contributed by atoms with Crippen LogP contribution in [-0.4, -0.2) is 30.9 Å². The average molecular weight is 443 g/mol. The second-order valence-electron chi connectivity index (χ2n) is 6.28. The lowest BCUT2D eigenvalue weighted by Gasteiger charge is -2.20. The molecular weight excluding hydrogens is 424 g/mol. The molecule has 1 atom stereocenters. The van der Waals surface area contributed by atoms with Crippen LogP contribution in [-0.2, 0) is 14.3 Å². The Morgan fingerprint density at radius 1 is 0.933 bits per heavy atom. The van der Waals surface area contributed by atoms with Gasteiger partial charge in [0.2, 0.25) is 0 Å². The first-order valence-corrected chi connectivity index (χ1v) is 10.4. The quantitative estimate of drug-likeness (QED) is 0.522. The van der Waals surface area contributed by atoms with Gasteiger partial charge in [-0.2, -0.15) is 0 Å². The third kappa shape index (κ3) is 6.17. The predicted octanol–water partition coefficient (Wildman–Crippen LogP) is 3.58. The van der Waals surface area contributed by atoms with Gasteiger partial charge in [0.05, 0.1) is 10.9 Å². The number of benzene rings is 2. The van der Waals surface area contributed by atoms with Crippen LogP contribution in [0.1, 0.15) is 26.8 Å². The molecule has 3 rings (SSSR count). The summed E-state index contributed by atoms with van der Waals surface area (Å²) in [6.45, 7) is -0.770. The monoisotopic (exact) mass is 442 g/mol. The van der Waals surface area contributed by atoms with Crippen molar-refractivity contribution in [1.82, 2.24) is 10.6 Å². The third-order valence-electron chi connectivity index (χ3n) is 4.14. The number of hydrogen-bond acceptors (Lipinski definition) is 5. The van der Waals surface area contributed by atoms with Crippen molar-refractivity contribution >= 4 is 40.7 Å². The van der Waals surface area contributed by atoms with Gasteiger partial charge in [0.1, 0.15) is 6.54 Å². The molecule has 0 spiro atoms. The summed E-state index contributed by atoms with van der Waals surface area (Å²) >= 11 is 7.23. The first kappa shape index (κ1) is 21.5. The number of amides is 2. The van der Waals surface area contributed by atoms with Crippen LogP contribution >= 0.6 is 22.9 Å². The fraction of sp³-hybridized carbons (Fsp3) is 0.136. The van der Waals surface area contributed by atoms with E-state index in [0.717, 1.165) is 11.1 Å². The minimum atomic E-state index is -0.696. The first-order chi connectivity index (χ1) is 14.5. The predicted molar refractivity (Wildman–Crippen MR) is 115 cm³/mol. The Kier molecular flexibility index (Phi) is 7.59. The van der Waals surface area contributed by atoms with Crippen LogP contribution in [0.3, 0.4) is 0 Å². The summed E-state index contributed by atoms with van der Waals surface area (Å²) in [4.78, 5) is 36.6. The second kappa shape index (κ2) is 10.6. The number of rotatable bonds is 8. The van der Waals surface area contributed by atoms with Gasteiger partial charge in [0, 0.05) is 5.02 Å². The molecule has 0 aliphatic rings. The van der Waals surface area contributed by atoms with Gasteiger partial charge in [-0.1, -0.05) is 60.1 Å². The lowest BCUT2D eigenvalue weighted by Crippen LogP contribution is -2.35. The molecule has 1 aromatic heterocycles. The Hall–Kier alpha value is -3.16. The van der Waals surface area contributed by atoms with Crippen LogP contribution in [0.4, 0.5) is 0 Å². The van der Waals surface area contributed by atoms with E-state index in [1.165, 1.54) is 11.3 Å². The highest BCUT2D eigenvalue weighted by molar-refractivity contribution is 7.12. The molecule has 3 aromatic rings. The first-order valence-electron chi connectivity index (χ1n) is 9.10. The standard InChI is InChI=1S/C22H19ClN2O4S/c23-17-10-8-16(9-11-17)21(15-5-2-1-3-6-15)25-19(26)14-29-20(27)13-24-22(28)18-7-4-12-30-18/h1-12,21H,13-14H2,(H,24,28)(H,25,26). The third-order valence-corrected chi connectivity index (χ3v) is 5.26. The zero-order valence-electron chi connectivity index (χ0n) is 15.8. The highest BCUT2D eigenvalue weighted by Crippen LogP contribution is 2.23. The normalized spacial score (nSPS) is 11.4. The second-order valence-corrected chi connectivity index (χ2v) is 7.67. The maximum Gasteiger partial charge on any atom is 0.325 e. The summed E-state index contributed by atoms with van der Waals surface area (Å²) < 4.78 is 4.98. The Morgan fingerprint density at radius 3 is 2.30 bits per heavy atom. The average Bonchev–Trinajstić information content (AvgIpc) is 3.31. The van der Waals surface area contributed by atoms with Gasteiger partial charge in [-0.3, -0.25) is 14.4 Å². The van der Waals surface area contributed by atoms with Crippen molar-refractivity contribution in [2.75, 3.05) is 13.2 Å². The zero-order valence-corrected chi connectivity index (χ0v) is 17.4. The van der Waals surface area contributed by atoms with E-state index >= 15 is 0 Å². The van der Waals surface area contributed by atoms with E-state index in [9.17, 15) is 14.4 Å². The molecule has 0 fully saturated rings. The van der Waals surface area contributed by atoms with Gasteiger partial charge in [0.15, 0.2) is 6.61 Å². The fourth-order valence-corrected chi connectivity index (χ4v) is 3.47. The number of ether oxygens (including phenoxy) is 1. The number of esters is 1. The Morgan fingerprint density at radius 2 is 1.63 bits per heavy atom. The van der Waals surface area contributed by atoms with E-state index < -0.39 is 24.5 Å². The number of thiophene rings is 1. The van der Waals surface area contributed by atoms with Gasteiger partial charge < -0.3 is 15.4 Å². The van der Waals surface area contributed by atoms with Crippen molar-refractivity contribution < 1.29 is 19.1 Å². The van der Waals surface area contributed by atoms with Crippen LogP contribution < -0.4 is 10.6 Å². The van der Waals surface area contributed by atoms with Crippen molar-refractivity contribution in [1.29, 1.82) is 0 Å². The summed E-state index contributed by atoms with van der Waals surface area (Å²) in [5.41, 5.74) is 1.72. The molecule has 0 bridgehead atoms. The largest absolute Gasteiger partial charge is 0.454 e. The minimum Gasteiger partial charge on any atom is -0.454 e. The van der Waals surface area contributed by atoms with Gasteiger partial charge in [-0.15, -0.1) is 11.3 Å². The Bertz CT molecular complexity index is 992. The maximum absolute atomic E-state index is 12.4. The Labute approximate surface area is 182 Å². The van der Waals surface area contributed by atoms with E-state index in [2.05, 4.69) is 10.6 Å². The smallest absolute Gasteiger partial charge is 0.325 e. The summed E-state index contributed by atoms with van der Waals surface area (Å²) in [6, 6.07) is 19.5. The van der Waals surface area contributed by atoms with Crippen molar-refractivity contribution in [3.63, 3.8) is 0 Å². The summed E-state index contributed by atoms with van der Waals surface area (Å²) in [6.07, 6.45) is 0. The zero-order chi connectivity index (χ0) is 21.3. The molecule has 0 aliphatic heterocycles. The van der Waals surface area contributed by atoms with E-state index in [-0.39, 0.29) is 12.5 Å². The van der Waals surface area contributed by atoms with Crippen molar-refractivity contribution in [3.8, 4) is 0 Å². The number of nitrogens with one attached hydrogen (secondary N) is 2. The van der Waals surface area contributed by atoms with E-state index in [4.69, 9.17) is 16.3 Å². The summed E-state index contributed by atoms with van der Waals surface area (Å²) in [5.74, 6) is -1.52. The number of carbonyl (C=O) groups is 3. The van der Waals surface area contributed by atoms with Gasteiger partial charge in [-0.05, 0) is 34.7 Å². The lowest BCUT2D eigenvalue weighted by atomic mass is 9.99. The van der Waals surface area contributed by atoms with E-state index in [1.807, 2.05) is 42.5 Å². The van der Waals surface area contributed by atoms with E-state index in [0.29, 0.717) is 9.90 Å². The van der Waals surface area contributed by atoms with Crippen molar-refractivity contribution in [2.24, 2.45) is 0 Å². The SMILES string of the molecule is O=C(COC(=O)CNC(=O)c1cccs1)NC(c1ccccc1)c1ccc(Cl)cc1. The lowest BCUT2D eigenvalue weighted by molar-refractivity contribution is -0.147. The molecule has 2 aromatic carbocycles. The molecule has 8 heteroatoms. The maximum atomic E-state index is 12.4. The highest BCUT2D eigenvalue weighted by Gasteiger charge is 2.18. The molecular formula is C22H19ClN2O4S. The van der Waals surface area contributed by atoms with Gasteiger partial charge >= 0.3 is 5.97 Å². The topological polar surface area (TPSA) is 84.5 Å². The molecule has 0 saturated carbocycles. The molecule has 0 radical (unpaired) electrons. The van der Waals surface area contributed by atoms with Crippen LogP contribution in [0, 0.1) is 0 Å². The van der Waals surface area contributed by atoms with Gasteiger partial charge in [0.25, 0.3) is 11.8 Å². The highest BCUT2D eigenvalue weighted by atomic mass is 35.5. The van der Waals surface area contributed by atoms with E-state index in [1.54, 1.807) is 29.6 Å². The van der Waals surface area contributed by atoms with Gasteiger partial charge in [-0.25, -0.2) is 0 Å². The summed E-state index contributed by atoms with van der Waals surface area (Å²) in [5, 5.41) is 7.68. The fourth-order valence-electron chi connectivity index (χ4n) is 2.71. The summed E-state index contributed by atoms with van der Waals surface area (Å²) in [7, 11) is 0. The molecule has 154 valence electrons. The molecule has 2 amide bonds. The molecule has 6 nitrogen and oxygen atoms in total. The number of halogens is 1. The number of hydrogen-bond donors (Lipinski definition) is 2. The Balaban J connectivity index is 1.54. The van der Waals surface area contributed by atoms with Crippen LogP contribution in [0.25, 0.3) is 0 Å². The molecule has 1 unspecified atom stereocenters. The minimum absolute atomic E-state index is 0.316. The molecule has 2 N–H and O–H groups in total. The van der Waals surface area contributed by atoms with Crippen molar-refractivity contribution in [3.05, 3.63) is 93.1 Å². The molecule has 1 heterocycles. The molecule has 0 saturated heterocycles. The molecule has 30 heavy (non-hydrogen) atoms.